The number of hydrogen-bond donors (Lipinski definition) is 2. The predicted octanol–water partition coefficient (Wildman–Crippen LogP) is 3.49. The maximum absolute atomic E-state index is 13.5. The third kappa shape index (κ3) is 6.52. The van der Waals surface area contributed by atoms with E-state index in [1.165, 1.54) is 11.6 Å². The van der Waals surface area contributed by atoms with Crippen molar-refractivity contribution in [2.45, 2.75) is 13.0 Å². The van der Waals surface area contributed by atoms with Crippen molar-refractivity contribution in [1.29, 1.82) is 0 Å². The molecule has 0 spiro atoms. The van der Waals surface area contributed by atoms with Gasteiger partial charge in [0, 0.05) is 25.7 Å². The highest BCUT2D eigenvalue weighted by Gasteiger charge is 2.05. The second kappa shape index (κ2) is 10.1. The Morgan fingerprint density at radius 1 is 1.04 bits per heavy atom. The largest absolute Gasteiger partial charge is 0.356 e. The minimum Gasteiger partial charge on any atom is -0.356 e. The van der Waals surface area contributed by atoms with E-state index in [-0.39, 0.29) is 36.1 Å². The minimum atomic E-state index is -0.453. The van der Waals surface area contributed by atoms with Crippen LogP contribution in [0.4, 0.5) is 8.78 Å². The average Bonchev–Trinajstić information content (AvgIpc) is 2.54. The minimum absolute atomic E-state index is 0. The summed E-state index contributed by atoms with van der Waals surface area (Å²) in [5.41, 5.74) is 1.49. The molecular formula is C17H20F2IN3. The first-order chi connectivity index (χ1) is 10.7. The molecular weight excluding hydrogens is 411 g/mol. The van der Waals surface area contributed by atoms with Gasteiger partial charge in [0.15, 0.2) is 5.96 Å². The topological polar surface area (TPSA) is 36.4 Å². The number of aliphatic imine (C=N–C) groups is 1. The molecule has 2 aromatic rings. The number of guanidine groups is 1. The van der Waals surface area contributed by atoms with Crippen LogP contribution in [0.3, 0.4) is 0 Å². The molecule has 0 aliphatic carbocycles. The molecule has 0 radical (unpaired) electrons. The van der Waals surface area contributed by atoms with Crippen LogP contribution in [-0.4, -0.2) is 19.6 Å². The second-order valence-corrected chi connectivity index (χ2v) is 4.82. The molecule has 0 fully saturated rings. The monoisotopic (exact) mass is 431 g/mol. The smallest absolute Gasteiger partial charge is 0.191 e. The van der Waals surface area contributed by atoms with Crippen molar-refractivity contribution in [2.75, 3.05) is 13.6 Å². The number of rotatable bonds is 5. The lowest BCUT2D eigenvalue weighted by atomic mass is 10.1. The van der Waals surface area contributed by atoms with E-state index in [0.717, 1.165) is 18.6 Å². The Labute approximate surface area is 152 Å². The standard InChI is InChI=1S/C17H19F2N3.HI/c1-20-17(21-10-9-13-5-3-2-4-6-13)22-12-14-11-15(18)7-8-16(14)19;/h2-8,11H,9-10,12H2,1H3,(H2,20,21,22);1H. The summed E-state index contributed by atoms with van der Waals surface area (Å²) >= 11 is 0. The highest BCUT2D eigenvalue weighted by molar-refractivity contribution is 14.0. The first-order valence-electron chi connectivity index (χ1n) is 7.11. The summed E-state index contributed by atoms with van der Waals surface area (Å²) in [6.45, 7) is 0.879. The van der Waals surface area contributed by atoms with Crippen molar-refractivity contribution in [1.82, 2.24) is 10.6 Å². The van der Waals surface area contributed by atoms with Gasteiger partial charge in [0.05, 0.1) is 0 Å². The zero-order valence-corrected chi connectivity index (χ0v) is 15.2. The van der Waals surface area contributed by atoms with E-state index in [1.807, 2.05) is 18.2 Å². The Morgan fingerprint density at radius 3 is 2.48 bits per heavy atom. The molecule has 0 amide bonds. The molecule has 0 saturated carbocycles. The SMILES string of the molecule is CN=C(NCCc1ccccc1)NCc1cc(F)ccc1F.I. The van der Waals surface area contributed by atoms with Gasteiger partial charge in [-0.25, -0.2) is 8.78 Å². The molecule has 0 bridgehead atoms. The Morgan fingerprint density at radius 2 is 1.78 bits per heavy atom. The van der Waals surface area contributed by atoms with E-state index in [9.17, 15) is 8.78 Å². The average molecular weight is 431 g/mol. The van der Waals surface area contributed by atoms with Gasteiger partial charge in [-0.05, 0) is 30.2 Å². The molecule has 124 valence electrons. The van der Waals surface area contributed by atoms with Crippen LogP contribution in [0.5, 0.6) is 0 Å². The lowest BCUT2D eigenvalue weighted by Crippen LogP contribution is -2.38. The van der Waals surface area contributed by atoms with Crippen LogP contribution >= 0.6 is 24.0 Å². The summed E-state index contributed by atoms with van der Waals surface area (Å²) < 4.78 is 26.6. The van der Waals surface area contributed by atoms with Crippen LogP contribution in [0, 0.1) is 11.6 Å². The highest BCUT2D eigenvalue weighted by atomic mass is 127. The Kier molecular flexibility index (Phi) is 8.53. The number of nitrogens with one attached hydrogen (secondary N) is 2. The van der Waals surface area contributed by atoms with Gasteiger partial charge in [-0.3, -0.25) is 4.99 Å². The van der Waals surface area contributed by atoms with Crippen LogP contribution in [0.2, 0.25) is 0 Å². The molecule has 0 aliphatic heterocycles. The van der Waals surface area contributed by atoms with Crippen LogP contribution in [0.15, 0.2) is 53.5 Å². The summed E-state index contributed by atoms with van der Waals surface area (Å²) in [7, 11) is 1.64. The molecule has 3 nitrogen and oxygen atoms in total. The summed E-state index contributed by atoms with van der Waals surface area (Å²) in [6.07, 6.45) is 0.857. The van der Waals surface area contributed by atoms with E-state index in [2.05, 4.69) is 27.8 Å². The molecule has 2 aromatic carbocycles. The van der Waals surface area contributed by atoms with Gasteiger partial charge >= 0.3 is 0 Å². The Balaban J connectivity index is 0.00000264. The Hall–Kier alpha value is -1.70. The first kappa shape index (κ1) is 19.3. The van der Waals surface area contributed by atoms with Gasteiger partial charge in [0.1, 0.15) is 11.6 Å². The van der Waals surface area contributed by atoms with Crippen molar-refractivity contribution >= 4 is 29.9 Å². The van der Waals surface area contributed by atoms with Crippen molar-refractivity contribution in [2.24, 2.45) is 4.99 Å². The summed E-state index contributed by atoms with van der Waals surface area (Å²) in [5, 5.41) is 6.12. The van der Waals surface area contributed by atoms with Crippen LogP contribution < -0.4 is 10.6 Å². The van der Waals surface area contributed by atoms with Gasteiger partial charge < -0.3 is 10.6 Å². The molecule has 2 N–H and O–H groups in total. The fraction of sp³-hybridized carbons (Fsp3) is 0.235. The maximum Gasteiger partial charge on any atom is 0.191 e. The zero-order valence-electron chi connectivity index (χ0n) is 12.9. The molecule has 6 heteroatoms. The fourth-order valence-electron chi connectivity index (χ4n) is 2.05. The van der Waals surface area contributed by atoms with Crippen molar-refractivity contribution in [3.8, 4) is 0 Å². The van der Waals surface area contributed by atoms with Crippen molar-refractivity contribution in [3.63, 3.8) is 0 Å². The van der Waals surface area contributed by atoms with E-state index >= 15 is 0 Å². The molecule has 0 aliphatic rings. The lowest BCUT2D eigenvalue weighted by Gasteiger charge is -2.12. The van der Waals surface area contributed by atoms with E-state index in [0.29, 0.717) is 12.5 Å². The molecule has 0 atom stereocenters. The van der Waals surface area contributed by atoms with Gasteiger partial charge in [0.25, 0.3) is 0 Å². The molecule has 0 unspecified atom stereocenters. The molecule has 0 heterocycles. The molecule has 0 aromatic heterocycles. The van der Waals surface area contributed by atoms with Crippen LogP contribution in [0.1, 0.15) is 11.1 Å². The third-order valence-electron chi connectivity index (χ3n) is 3.23. The summed E-state index contributed by atoms with van der Waals surface area (Å²) in [4.78, 5) is 4.06. The van der Waals surface area contributed by atoms with Gasteiger partial charge in [-0.2, -0.15) is 0 Å². The van der Waals surface area contributed by atoms with Crippen molar-refractivity contribution < 1.29 is 8.78 Å². The lowest BCUT2D eigenvalue weighted by molar-refractivity contribution is 0.581. The third-order valence-corrected chi connectivity index (χ3v) is 3.23. The quantitative estimate of drug-likeness (QED) is 0.432. The van der Waals surface area contributed by atoms with Crippen LogP contribution in [0.25, 0.3) is 0 Å². The molecule has 23 heavy (non-hydrogen) atoms. The normalized spacial score (nSPS) is 10.8. The summed E-state index contributed by atoms with van der Waals surface area (Å²) in [5.74, 6) is -0.335. The summed E-state index contributed by atoms with van der Waals surface area (Å²) in [6, 6.07) is 13.5. The predicted molar refractivity (Wildman–Crippen MR) is 100 cm³/mol. The van der Waals surface area contributed by atoms with Gasteiger partial charge in [0.2, 0.25) is 0 Å². The molecule has 0 saturated heterocycles. The van der Waals surface area contributed by atoms with E-state index < -0.39 is 11.6 Å². The Bertz CT molecular complexity index is 633. The van der Waals surface area contributed by atoms with Gasteiger partial charge in [-0.1, -0.05) is 30.3 Å². The molecule has 2 rings (SSSR count). The number of halogens is 3. The van der Waals surface area contributed by atoms with Gasteiger partial charge in [-0.15, -0.1) is 24.0 Å². The van der Waals surface area contributed by atoms with E-state index in [4.69, 9.17) is 0 Å². The second-order valence-electron chi connectivity index (χ2n) is 4.82. The zero-order chi connectivity index (χ0) is 15.8. The number of benzene rings is 2. The number of nitrogens with zero attached hydrogens (tertiary/aromatic N) is 1. The highest BCUT2D eigenvalue weighted by Crippen LogP contribution is 2.09. The van der Waals surface area contributed by atoms with Crippen molar-refractivity contribution in [3.05, 3.63) is 71.3 Å². The first-order valence-corrected chi connectivity index (χ1v) is 7.11. The van der Waals surface area contributed by atoms with E-state index in [1.54, 1.807) is 7.05 Å². The van der Waals surface area contributed by atoms with Crippen LogP contribution in [-0.2, 0) is 13.0 Å². The fourth-order valence-corrected chi connectivity index (χ4v) is 2.05. The maximum atomic E-state index is 13.5. The number of hydrogen-bond acceptors (Lipinski definition) is 1.